The smallest absolute Gasteiger partial charge is 0.228 e. The Balaban J connectivity index is 2.77. The van der Waals surface area contributed by atoms with Crippen molar-refractivity contribution >= 4 is 11.8 Å². The third-order valence-corrected chi connectivity index (χ3v) is 4.95. The van der Waals surface area contributed by atoms with Crippen molar-refractivity contribution in [1.82, 2.24) is 10.2 Å². The van der Waals surface area contributed by atoms with E-state index in [0.29, 0.717) is 25.9 Å². The van der Waals surface area contributed by atoms with Crippen molar-refractivity contribution in [1.29, 1.82) is 0 Å². The molecule has 1 rings (SSSR count). The molecule has 1 fully saturated rings. The van der Waals surface area contributed by atoms with E-state index in [-0.39, 0.29) is 17.2 Å². The van der Waals surface area contributed by atoms with Gasteiger partial charge in [-0.3, -0.25) is 9.59 Å². The summed E-state index contributed by atoms with van der Waals surface area (Å²) in [5.41, 5.74) is -1.50. The zero-order chi connectivity index (χ0) is 20.6. The molecule has 152 valence electrons. The number of β-amino-alcohol motifs (C(OH)–C–C–N with tert-alkyl or cyclic N) is 1. The third kappa shape index (κ3) is 6.57. The highest BCUT2D eigenvalue weighted by Gasteiger charge is 2.41. The first-order valence-corrected chi connectivity index (χ1v) is 9.75. The molecular weight excluding hydrogens is 328 g/mol. The van der Waals surface area contributed by atoms with Crippen LogP contribution >= 0.6 is 0 Å². The molecule has 0 saturated carbocycles. The summed E-state index contributed by atoms with van der Waals surface area (Å²) in [6, 6.07) is 0. The van der Waals surface area contributed by atoms with Crippen LogP contribution < -0.4 is 5.32 Å². The third-order valence-electron chi connectivity index (χ3n) is 4.95. The minimum atomic E-state index is -0.602. The molecule has 0 aliphatic carbocycles. The number of hydrogen-bond donors (Lipinski definition) is 2. The number of amides is 2. The van der Waals surface area contributed by atoms with Crippen LogP contribution in [0.4, 0.5) is 0 Å². The number of aliphatic hydroxyl groups is 1. The molecule has 0 spiro atoms. The van der Waals surface area contributed by atoms with Gasteiger partial charge in [-0.2, -0.15) is 0 Å². The molecule has 2 N–H and O–H groups in total. The fourth-order valence-corrected chi connectivity index (χ4v) is 4.46. The lowest BCUT2D eigenvalue weighted by molar-refractivity contribution is -0.142. The monoisotopic (exact) mass is 368 g/mol. The van der Waals surface area contributed by atoms with E-state index in [1.165, 1.54) is 0 Å². The van der Waals surface area contributed by atoms with Crippen molar-refractivity contribution in [3.8, 4) is 0 Å². The maximum atomic E-state index is 12.9. The fraction of sp³-hybridized carbons (Fsp3) is 0.905. The molecule has 1 saturated heterocycles. The van der Waals surface area contributed by atoms with Crippen molar-refractivity contribution in [2.24, 2.45) is 16.2 Å². The lowest BCUT2D eigenvalue weighted by atomic mass is 9.74. The predicted octanol–water partition coefficient (Wildman–Crippen LogP) is 3.35. The van der Waals surface area contributed by atoms with Gasteiger partial charge in [-0.25, -0.2) is 0 Å². The van der Waals surface area contributed by atoms with E-state index in [1.54, 1.807) is 4.90 Å². The summed E-state index contributed by atoms with van der Waals surface area (Å²) in [7, 11) is 0. The van der Waals surface area contributed by atoms with Gasteiger partial charge in [-0.15, -0.1) is 0 Å². The maximum absolute atomic E-state index is 12.9. The first-order valence-electron chi connectivity index (χ1n) is 9.75. The Bertz CT molecular complexity index is 530. The van der Waals surface area contributed by atoms with E-state index in [1.807, 2.05) is 41.5 Å². The molecule has 1 aliphatic rings. The molecule has 0 bridgehead atoms. The Hall–Kier alpha value is -1.10. The summed E-state index contributed by atoms with van der Waals surface area (Å²) in [6.45, 7) is 19.2. The maximum Gasteiger partial charge on any atom is 0.228 e. The minimum Gasteiger partial charge on any atom is -0.391 e. The topological polar surface area (TPSA) is 69.6 Å². The fourth-order valence-electron chi connectivity index (χ4n) is 4.46. The van der Waals surface area contributed by atoms with E-state index in [9.17, 15) is 14.7 Å². The van der Waals surface area contributed by atoms with Gasteiger partial charge in [-0.1, -0.05) is 48.5 Å². The van der Waals surface area contributed by atoms with Crippen LogP contribution in [0.1, 0.15) is 81.6 Å². The van der Waals surface area contributed by atoms with Gasteiger partial charge < -0.3 is 15.3 Å². The van der Waals surface area contributed by atoms with Crippen molar-refractivity contribution < 1.29 is 14.7 Å². The van der Waals surface area contributed by atoms with Crippen LogP contribution in [0.15, 0.2) is 0 Å². The molecule has 26 heavy (non-hydrogen) atoms. The van der Waals surface area contributed by atoms with E-state index >= 15 is 0 Å². The summed E-state index contributed by atoms with van der Waals surface area (Å²) in [4.78, 5) is 27.5. The SMILES string of the molecule is CC(C)(C)CC(C)(C)C(=O)NC(C)(C)CC(C)(C)C(=O)N1CCC(O)C1. The lowest BCUT2D eigenvalue weighted by Crippen LogP contribution is -2.53. The van der Waals surface area contributed by atoms with Gasteiger partial charge >= 0.3 is 0 Å². The average Bonchev–Trinajstić information content (AvgIpc) is 2.79. The number of rotatable bonds is 6. The van der Waals surface area contributed by atoms with E-state index in [4.69, 9.17) is 0 Å². The Labute approximate surface area is 159 Å². The predicted molar refractivity (Wildman–Crippen MR) is 106 cm³/mol. The molecule has 1 unspecified atom stereocenters. The first-order chi connectivity index (χ1) is 11.5. The second kappa shape index (κ2) is 7.49. The highest BCUT2D eigenvalue weighted by atomic mass is 16.3. The Kier molecular flexibility index (Phi) is 6.61. The summed E-state index contributed by atoms with van der Waals surface area (Å²) in [6.07, 6.45) is 1.56. The van der Waals surface area contributed by atoms with Gasteiger partial charge in [0.1, 0.15) is 0 Å². The highest BCUT2D eigenvalue weighted by Crippen LogP contribution is 2.35. The summed E-state index contributed by atoms with van der Waals surface area (Å²) < 4.78 is 0. The molecule has 0 aromatic heterocycles. The van der Waals surface area contributed by atoms with Crippen LogP contribution in [0.2, 0.25) is 0 Å². The van der Waals surface area contributed by atoms with Gasteiger partial charge in [0.05, 0.1) is 6.10 Å². The number of likely N-dealkylation sites (tertiary alicyclic amines) is 1. The molecule has 0 aromatic carbocycles. The van der Waals surface area contributed by atoms with E-state index < -0.39 is 22.5 Å². The summed E-state index contributed by atoms with van der Waals surface area (Å²) in [5, 5.41) is 12.9. The van der Waals surface area contributed by atoms with Crippen molar-refractivity contribution in [3.05, 3.63) is 0 Å². The van der Waals surface area contributed by atoms with Gasteiger partial charge in [0.25, 0.3) is 0 Å². The molecule has 2 amide bonds. The number of carbonyl (C=O) groups is 2. The largest absolute Gasteiger partial charge is 0.391 e. The van der Waals surface area contributed by atoms with Gasteiger partial charge in [0.15, 0.2) is 0 Å². The molecule has 5 nitrogen and oxygen atoms in total. The average molecular weight is 369 g/mol. The standard InChI is InChI=1S/C21H40N2O3/c1-18(2,3)13-19(4,5)16(25)22-21(8,9)14-20(6,7)17(26)23-11-10-15(24)12-23/h15,24H,10-14H2,1-9H3,(H,22,25). The van der Waals surface area contributed by atoms with Crippen LogP contribution in [-0.4, -0.2) is 46.6 Å². The van der Waals surface area contributed by atoms with E-state index in [0.717, 1.165) is 6.42 Å². The zero-order valence-electron chi connectivity index (χ0n) is 18.3. The van der Waals surface area contributed by atoms with Gasteiger partial charge in [0.2, 0.25) is 11.8 Å². The number of nitrogens with zero attached hydrogens (tertiary/aromatic N) is 1. The van der Waals surface area contributed by atoms with Crippen LogP contribution in [0.3, 0.4) is 0 Å². The van der Waals surface area contributed by atoms with E-state index in [2.05, 4.69) is 26.1 Å². The molecule has 0 radical (unpaired) electrons. The highest BCUT2D eigenvalue weighted by molar-refractivity contribution is 5.84. The number of carbonyl (C=O) groups excluding carboxylic acids is 2. The number of nitrogens with one attached hydrogen (secondary N) is 1. The van der Waals surface area contributed by atoms with Crippen LogP contribution in [0.5, 0.6) is 0 Å². The van der Waals surface area contributed by atoms with Crippen LogP contribution in [0, 0.1) is 16.2 Å². The van der Waals surface area contributed by atoms with Crippen molar-refractivity contribution in [2.45, 2.75) is 93.2 Å². The normalized spacial score (nSPS) is 19.6. The number of aliphatic hydroxyl groups excluding tert-OH is 1. The summed E-state index contributed by atoms with van der Waals surface area (Å²) in [5.74, 6) is 0.0718. The first kappa shape index (κ1) is 22.9. The second-order valence-corrected chi connectivity index (χ2v) is 11.2. The Morgan fingerprint density at radius 1 is 0.962 bits per heavy atom. The molecule has 0 aromatic rings. The Morgan fingerprint density at radius 2 is 1.50 bits per heavy atom. The molecular formula is C21H40N2O3. The summed E-state index contributed by atoms with van der Waals surface area (Å²) >= 11 is 0. The van der Waals surface area contributed by atoms with Crippen molar-refractivity contribution in [2.75, 3.05) is 13.1 Å². The molecule has 5 heteroatoms. The minimum absolute atomic E-state index is 0.0252. The molecule has 1 aliphatic heterocycles. The van der Waals surface area contributed by atoms with Crippen LogP contribution in [0.25, 0.3) is 0 Å². The Morgan fingerprint density at radius 3 is 1.92 bits per heavy atom. The molecule has 1 atom stereocenters. The zero-order valence-corrected chi connectivity index (χ0v) is 18.3. The van der Waals surface area contributed by atoms with Gasteiger partial charge in [0, 0.05) is 29.5 Å². The van der Waals surface area contributed by atoms with Crippen LogP contribution in [-0.2, 0) is 9.59 Å². The van der Waals surface area contributed by atoms with Crippen molar-refractivity contribution in [3.63, 3.8) is 0 Å². The second-order valence-electron chi connectivity index (χ2n) is 11.2. The van der Waals surface area contributed by atoms with Gasteiger partial charge in [-0.05, 0) is 38.5 Å². The number of hydrogen-bond acceptors (Lipinski definition) is 3. The lowest BCUT2D eigenvalue weighted by Gasteiger charge is -2.39. The molecule has 1 heterocycles. The quantitative estimate of drug-likeness (QED) is 0.755.